The van der Waals surface area contributed by atoms with Gasteiger partial charge >= 0.3 is 6.09 Å². The Kier molecular flexibility index (Phi) is 7.65. The van der Waals surface area contributed by atoms with Gasteiger partial charge in [0.15, 0.2) is 11.5 Å². The van der Waals surface area contributed by atoms with Crippen LogP contribution in [0.1, 0.15) is 43.2 Å². The van der Waals surface area contributed by atoms with Gasteiger partial charge in [-0.05, 0) is 51.5 Å². The Bertz CT molecular complexity index is 1260. The molecule has 2 N–H and O–H groups in total. The Morgan fingerprint density at radius 1 is 1.19 bits per heavy atom. The average molecular weight is 528 g/mol. The highest BCUT2D eigenvalue weighted by molar-refractivity contribution is 6.30. The van der Waals surface area contributed by atoms with Gasteiger partial charge in [0.2, 0.25) is 0 Å². The van der Waals surface area contributed by atoms with Crippen LogP contribution in [-0.4, -0.2) is 73.5 Å². The van der Waals surface area contributed by atoms with Crippen molar-refractivity contribution in [3.05, 3.63) is 59.1 Å². The van der Waals surface area contributed by atoms with Gasteiger partial charge < -0.3 is 25.0 Å². The predicted molar refractivity (Wildman–Crippen MR) is 139 cm³/mol. The smallest absolute Gasteiger partial charge is 0.410 e. The third-order valence-electron chi connectivity index (χ3n) is 5.84. The number of aliphatic hydroxyl groups is 1. The summed E-state index contributed by atoms with van der Waals surface area (Å²) < 4.78 is 6.88. The van der Waals surface area contributed by atoms with Crippen LogP contribution in [0.4, 0.5) is 16.3 Å². The lowest BCUT2D eigenvalue weighted by molar-refractivity contribution is 0.0237. The van der Waals surface area contributed by atoms with E-state index < -0.39 is 11.5 Å². The van der Waals surface area contributed by atoms with E-state index in [2.05, 4.69) is 25.3 Å². The van der Waals surface area contributed by atoms with Crippen LogP contribution in [0.2, 0.25) is 5.02 Å². The zero-order chi connectivity index (χ0) is 26.7. The van der Waals surface area contributed by atoms with Crippen LogP contribution in [0.15, 0.2) is 42.9 Å². The molecule has 3 aromatic rings. The molecule has 12 heteroatoms. The number of aliphatic hydroxyl groups excluding tert-OH is 1. The molecule has 0 saturated carbocycles. The maximum Gasteiger partial charge on any atom is 0.410 e. The first-order valence-electron chi connectivity index (χ1n) is 11.8. The topological polar surface area (TPSA) is 126 Å². The minimum Gasteiger partial charge on any atom is -0.444 e. The van der Waals surface area contributed by atoms with Gasteiger partial charge in [-0.25, -0.2) is 19.4 Å². The molecule has 1 saturated heterocycles. The summed E-state index contributed by atoms with van der Waals surface area (Å²) in [6.45, 7) is 6.55. The highest BCUT2D eigenvalue weighted by Crippen LogP contribution is 2.23. The molecule has 0 aromatic carbocycles. The molecule has 1 aliphatic heterocycles. The molecule has 1 fully saturated rings. The van der Waals surface area contributed by atoms with Crippen molar-refractivity contribution in [1.29, 1.82) is 0 Å². The summed E-state index contributed by atoms with van der Waals surface area (Å²) in [5.41, 5.74) is 0.374. The number of ether oxygens (including phenoxy) is 1. The number of hydrogen-bond donors (Lipinski definition) is 2. The number of rotatable bonds is 6. The monoisotopic (exact) mass is 527 g/mol. The van der Waals surface area contributed by atoms with Gasteiger partial charge in [0, 0.05) is 38.1 Å². The maximum atomic E-state index is 12.9. The van der Waals surface area contributed by atoms with Gasteiger partial charge in [-0.1, -0.05) is 11.6 Å². The van der Waals surface area contributed by atoms with Gasteiger partial charge in [0.25, 0.3) is 5.91 Å². The number of likely N-dealkylation sites (N-methyl/N-ethyl adjacent to an activating group) is 1. The number of halogens is 1. The van der Waals surface area contributed by atoms with Gasteiger partial charge in [-0.3, -0.25) is 4.79 Å². The van der Waals surface area contributed by atoms with Crippen LogP contribution in [0.25, 0.3) is 5.82 Å². The predicted octanol–water partition coefficient (Wildman–Crippen LogP) is 3.51. The third-order valence-corrected chi connectivity index (χ3v) is 6.07. The molecule has 196 valence electrons. The zero-order valence-electron chi connectivity index (χ0n) is 21.2. The van der Waals surface area contributed by atoms with Crippen LogP contribution < -0.4 is 10.2 Å². The summed E-state index contributed by atoms with van der Waals surface area (Å²) in [4.78, 5) is 37.7. The molecule has 0 spiro atoms. The van der Waals surface area contributed by atoms with Crippen molar-refractivity contribution >= 4 is 35.1 Å². The van der Waals surface area contributed by atoms with Crippen molar-refractivity contribution in [2.24, 2.45) is 0 Å². The van der Waals surface area contributed by atoms with Crippen LogP contribution >= 0.6 is 11.6 Å². The average Bonchev–Trinajstić information content (AvgIpc) is 3.51. The van der Waals surface area contributed by atoms with Crippen molar-refractivity contribution in [1.82, 2.24) is 24.6 Å². The van der Waals surface area contributed by atoms with Crippen LogP contribution in [-0.2, 0) is 11.3 Å². The van der Waals surface area contributed by atoms with Crippen molar-refractivity contribution in [3.8, 4) is 5.82 Å². The van der Waals surface area contributed by atoms with E-state index >= 15 is 0 Å². The van der Waals surface area contributed by atoms with Gasteiger partial charge in [0.05, 0.1) is 29.6 Å². The first-order chi connectivity index (χ1) is 17.5. The molecule has 0 unspecified atom stereocenters. The van der Waals surface area contributed by atoms with Crippen molar-refractivity contribution in [2.75, 3.05) is 30.4 Å². The molecule has 37 heavy (non-hydrogen) atoms. The standard InChI is InChI=1S/C25H30ClN7O4/c1-25(2,3)37-24(36)31(4)19-9-10-32(14-19)20-8-6-18(12-28-20)29-23(35)22-16(15-34)13-33(30-22)21-7-5-17(26)11-27-21/h5-8,11-13,19,34H,9-10,14-15H2,1-4H3,(H,29,35)/t19-/m0/s1. The SMILES string of the molecule is CN(C(=O)OC(C)(C)C)[C@H]1CCN(c2ccc(NC(=O)c3nn(-c4ccc(Cl)cn4)cc3CO)cn2)C1. The van der Waals surface area contributed by atoms with Crippen molar-refractivity contribution < 1.29 is 19.4 Å². The van der Waals surface area contributed by atoms with Crippen LogP contribution in [0.3, 0.4) is 0 Å². The lowest BCUT2D eigenvalue weighted by atomic mass is 10.2. The van der Waals surface area contributed by atoms with E-state index in [-0.39, 0.29) is 24.4 Å². The first kappa shape index (κ1) is 26.4. The fourth-order valence-corrected chi connectivity index (χ4v) is 4.04. The summed E-state index contributed by atoms with van der Waals surface area (Å²) in [5.74, 6) is 0.726. The number of hydrogen-bond acceptors (Lipinski definition) is 8. The molecule has 3 aromatic heterocycles. The minimum absolute atomic E-state index is 0.0122. The Balaban J connectivity index is 1.39. The Labute approximate surface area is 220 Å². The summed E-state index contributed by atoms with van der Waals surface area (Å²) >= 11 is 5.88. The molecular weight excluding hydrogens is 498 g/mol. The van der Waals surface area contributed by atoms with E-state index in [4.69, 9.17) is 16.3 Å². The van der Waals surface area contributed by atoms with Crippen molar-refractivity contribution in [3.63, 3.8) is 0 Å². The molecule has 0 aliphatic carbocycles. The second-order valence-electron chi connectivity index (χ2n) is 9.78. The third kappa shape index (κ3) is 6.36. The molecule has 1 aliphatic rings. The molecular formula is C25H30ClN7O4. The van der Waals surface area contributed by atoms with E-state index in [1.54, 1.807) is 42.5 Å². The Morgan fingerprint density at radius 2 is 1.92 bits per heavy atom. The Hall–Kier alpha value is -3.70. The van der Waals surface area contributed by atoms with E-state index in [0.29, 0.717) is 28.6 Å². The summed E-state index contributed by atoms with van der Waals surface area (Å²) in [6.07, 6.45) is 5.04. The van der Waals surface area contributed by atoms with Gasteiger partial charge in [-0.2, -0.15) is 5.10 Å². The van der Waals surface area contributed by atoms with Crippen LogP contribution in [0.5, 0.6) is 0 Å². The number of carbonyl (C=O) groups is 2. The lowest BCUT2D eigenvalue weighted by Gasteiger charge is -2.28. The molecule has 1 atom stereocenters. The molecule has 11 nitrogen and oxygen atoms in total. The summed E-state index contributed by atoms with van der Waals surface area (Å²) in [6, 6.07) is 6.90. The molecule has 0 radical (unpaired) electrons. The summed E-state index contributed by atoms with van der Waals surface area (Å²) in [5, 5.41) is 17.3. The number of aromatic nitrogens is 4. The highest BCUT2D eigenvalue weighted by Gasteiger charge is 2.31. The van der Waals surface area contributed by atoms with E-state index in [1.165, 1.54) is 10.9 Å². The van der Waals surface area contributed by atoms with E-state index in [0.717, 1.165) is 18.8 Å². The number of pyridine rings is 2. The molecule has 4 rings (SSSR count). The fourth-order valence-electron chi connectivity index (χ4n) is 3.92. The van der Waals surface area contributed by atoms with E-state index in [1.807, 2.05) is 26.8 Å². The van der Waals surface area contributed by atoms with E-state index in [9.17, 15) is 14.7 Å². The molecule has 4 heterocycles. The second-order valence-corrected chi connectivity index (χ2v) is 10.2. The van der Waals surface area contributed by atoms with Gasteiger partial charge in [-0.15, -0.1) is 0 Å². The minimum atomic E-state index is -0.547. The summed E-state index contributed by atoms with van der Waals surface area (Å²) in [7, 11) is 1.75. The Morgan fingerprint density at radius 3 is 2.54 bits per heavy atom. The number of carbonyl (C=O) groups excluding carboxylic acids is 2. The number of nitrogens with zero attached hydrogens (tertiary/aromatic N) is 6. The van der Waals surface area contributed by atoms with Crippen molar-refractivity contribution in [2.45, 2.75) is 45.4 Å². The number of nitrogens with one attached hydrogen (secondary N) is 1. The lowest BCUT2D eigenvalue weighted by Crippen LogP contribution is -2.42. The largest absolute Gasteiger partial charge is 0.444 e. The van der Waals surface area contributed by atoms with Gasteiger partial charge in [0.1, 0.15) is 11.4 Å². The molecule has 0 bridgehead atoms. The number of amides is 2. The van der Waals surface area contributed by atoms with Crippen LogP contribution in [0, 0.1) is 0 Å². The fraction of sp³-hybridized carbons (Fsp3) is 0.400. The normalized spacial score (nSPS) is 15.5. The first-order valence-corrected chi connectivity index (χ1v) is 12.2. The molecule has 2 amide bonds. The highest BCUT2D eigenvalue weighted by atomic mass is 35.5. The zero-order valence-corrected chi connectivity index (χ0v) is 21.9. The quantitative estimate of drug-likeness (QED) is 0.499. The maximum absolute atomic E-state index is 12.9. The number of anilines is 2. The second kappa shape index (κ2) is 10.7.